The third-order valence-corrected chi connectivity index (χ3v) is 3.17. The summed E-state index contributed by atoms with van der Waals surface area (Å²) >= 11 is 11.0. The van der Waals surface area contributed by atoms with Gasteiger partial charge in [0.05, 0.1) is 22.0 Å². The van der Waals surface area contributed by atoms with Crippen LogP contribution >= 0.6 is 23.8 Å². The fourth-order valence-electron chi connectivity index (χ4n) is 1.75. The molecule has 2 aromatic rings. The smallest absolute Gasteiger partial charge is 0.146 e. The van der Waals surface area contributed by atoms with Crippen LogP contribution in [0, 0.1) is 12.7 Å². The second-order valence-corrected chi connectivity index (χ2v) is 4.98. The molecule has 0 amide bonds. The number of halogens is 2. The SMILES string of the molecule is Cc1ccc(Nc2cccc(Cl)c2C(N)=S)c(F)c1. The highest BCUT2D eigenvalue weighted by atomic mass is 35.5. The Morgan fingerprint density at radius 1 is 1.26 bits per heavy atom. The van der Waals surface area contributed by atoms with Crippen LogP contribution in [0.4, 0.5) is 15.8 Å². The van der Waals surface area contributed by atoms with Crippen LogP contribution in [0.3, 0.4) is 0 Å². The van der Waals surface area contributed by atoms with Gasteiger partial charge in [0, 0.05) is 0 Å². The number of rotatable bonds is 3. The molecule has 98 valence electrons. The molecule has 0 unspecified atom stereocenters. The molecule has 0 heterocycles. The summed E-state index contributed by atoms with van der Waals surface area (Å²) in [5, 5.41) is 3.40. The fraction of sp³-hybridized carbons (Fsp3) is 0.0714. The van der Waals surface area contributed by atoms with Crippen molar-refractivity contribution in [2.75, 3.05) is 5.32 Å². The Kier molecular flexibility index (Phi) is 4.02. The first-order valence-electron chi connectivity index (χ1n) is 5.60. The van der Waals surface area contributed by atoms with E-state index in [0.717, 1.165) is 5.56 Å². The van der Waals surface area contributed by atoms with Crippen molar-refractivity contribution in [1.29, 1.82) is 0 Å². The van der Waals surface area contributed by atoms with Gasteiger partial charge in [0.1, 0.15) is 10.8 Å². The van der Waals surface area contributed by atoms with Crippen LogP contribution < -0.4 is 11.1 Å². The zero-order chi connectivity index (χ0) is 14.0. The first kappa shape index (κ1) is 13.8. The van der Waals surface area contributed by atoms with E-state index in [1.54, 1.807) is 24.3 Å². The molecule has 2 nitrogen and oxygen atoms in total. The number of nitrogens with one attached hydrogen (secondary N) is 1. The number of hydrogen-bond donors (Lipinski definition) is 2. The van der Waals surface area contributed by atoms with Crippen molar-refractivity contribution in [1.82, 2.24) is 0 Å². The highest BCUT2D eigenvalue weighted by Crippen LogP contribution is 2.28. The van der Waals surface area contributed by atoms with Crippen LogP contribution in [0.25, 0.3) is 0 Å². The largest absolute Gasteiger partial charge is 0.389 e. The third kappa shape index (κ3) is 3.03. The molecule has 0 aliphatic rings. The molecular weight excluding hydrogens is 283 g/mol. The highest BCUT2D eigenvalue weighted by molar-refractivity contribution is 7.80. The lowest BCUT2D eigenvalue weighted by atomic mass is 10.1. The van der Waals surface area contributed by atoms with Crippen LogP contribution in [0.5, 0.6) is 0 Å². The van der Waals surface area contributed by atoms with E-state index in [4.69, 9.17) is 29.6 Å². The summed E-state index contributed by atoms with van der Waals surface area (Å²) in [6.45, 7) is 1.83. The topological polar surface area (TPSA) is 38.0 Å². The molecule has 0 bridgehead atoms. The predicted molar refractivity (Wildman–Crippen MR) is 81.8 cm³/mol. The molecule has 3 N–H and O–H groups in total. The zero-order valence-corrected chi connectivity index (χ0v) is 11.8. The maximum absolute atomic E-state index is 13.8. The molecule has 0 spiro atoms. The van der Waals surface area contributed by atoms with E-state index in [2.05, 4.69) is 5.32 Å². The predicted octanol–water partition coefficient (Wildman–Crippen LogP) is 4.17. The summed E-state index contributed by atoms with van der Waals surface area (Å²) < 4.78 is 13.8. The molecule has 0 aromatic heterocycles. The molecule has 5 heteroatoms. The first-order chi connectivity index (χ1) is 8.99. The first-order valence-corrected chi connectivity index (χ1v) is 6.39. The lowest BCUT2D eigenvalue weighted by molar-refractivity contribution is 0.631. The van der Waals surface area contributed by atoms with Gasteiger partial charge in [-0.25, -0.2) is 4.39 Å². The van der Waals surface area contributed by atoms with Crippen molar-refractivity contribution in [2.24, 2.45) is 5.73 Å². The minimum absolute atomic E-state index is 0.167. The molecule has 0 aliphatic heterocycles. The molecule has 0 atom stereocenters. The molecule has 2 aromatic carbocycles. The fourth-order valence-corrected chi connectivity index (χ4v) is 2.30. The Hall–Kier alpha value is -1.65. The maximum atomic E-state index is 13.8. The van der Waals surface area contributed by atoms with E-state index < -0.39 is 0 Å². The van der Waals surface area contributed by atoms with Gasteiger partial charge >= 0.3 is 0 Å². The molecule has 0 aliphatic carbocycles. The maximum Gasteiger partial charge on any atom is 0.146 e. The minimum atomic E-state index is -0.339. The Labute approximate surface area is 121 Å². The summed E-state index contributed by atoms with van der Waals surface area (Å²) in [6, 6.07) is 10.1. The average molecular weight is 295 g/mol. The van der Waals surface area contributed by atoms with Gasteiger partial charge in [0.25, 0.3) is 0 Å². The summed E-state index contributed by atoms with van der Waals surface area (Å²) in [6.07, 6.45) is 0. The molecule has 0 saturated heterocycles. The van der Waals surface area contributed by atoms with Gasteiger partial charge in [0.15, 0.2) is 0 Å². The van der Waals surface area contributed by atoms with Crippen LogP contribution in [0.1, 0.15) is 11.1 Å². The van der Waals surface area contributed by atoms with Gasteiger partial charge in [-0.3, -0.25) is 0 Å². The van der Waals surface area contributed by atoms with Gasteiger partial charge < -0.3 is 11.1 Å². The van der Waals surface area contributed by atoms with Crippen LogP contribution in [-0.2, 0) is 0 Å². The molecule has 0 fully saturated rings. The molecule has 0 saturated carbocycles. The summed E-state index contributed by atoms with van der Waals surface area (Å²) in [5.74, 6) is -0.339. The second-order valence-electron chi connectivity index (χ2n) is 4.13. The minimum Gasteiger partial charge on any atom is -0.389 e. The Balaban J connectivity index is 2.44. The Morgan fingerprint density at radius 2 is 2.00 bits per heavy atom. The number of anilines is 2. The summed E-state index contributed by atoms with van der Waals surface area (Å²) in [7, 11) is 0. The van der Waals surface area contributed by atoms with E-state index in [1.165, 1.54) is 6.07 Å². The number of aryl methyl sites for hydroxylation is 1. The van der Waals surface area contributed by atoms with Gasteiger partial charge in [-0.05, 0) is 36.8 Å². The number of thiocarbonyl (C=S) groups is 1. The third-order valence-electron chi connectivity index (χ3n) is 2.65. The lowest BCUT2D eigenvalue weighted by Gasteiger charge is -2.13. The van der Waals surface area contributed by atoms with Crippen molar-refractivity contribution in [3.63, 3.8) is 0 Å². The number of hydrogen-bond acceptors (Lipinski definition) is 2. The zero-order valence-electron chi connectivity index (χ0n) is 10.2. The van der Waals surface area contributed by atoms with E-state index in [-0.39, 0.29) is 10.8 Å². The second kappa shape index (κ2) is 5.55. The monoisotopic (exact) mass is 294 g/mol. The Morgan fingerprint density at radius 3 is 2.63 bits per heavy atom. The van der Waals surface area contributed by atoms with Crippen LogP contribution in [0.2, 0.25) is 5.02 Å². The molecule has 0 radical (unpaired) electrons. The number of benzene rings is 2. The van der Waals surface area contributed by atoms with Crippen molar-refractivity contribution >= 4 is 40.2 Å². The van der Waals surface area contributed by atoms with E-state index in [9.17, 15) is 4.39 Å². The molecule has 2 rings (SSSR count). The van der Waals surface area contributed by atoms with Gasteiger partial charge in [-0.1, -0.05) is 36.0 Å². The standard InChI is InChI=1S/C14H12ClFN2S/c1-8-5-6-11(10(16)7-8)18-12-4-2-3-9(15)13(12)14(17)19/h2-7,18H,1H3,(H2,17,19). The normalized spacial score (nSPS) is 10.3. The van der Waals surface area contributed by atoms with Crippen molar-refractivity contribution in [3.05, 3.63) is 58.4 Å². The molecular formula is C14H12ClFN2S. The lowest BCUT2D eigenvalue weighted by Crippen LogP contribution is -2.13. The van der Waals surface area contributed by atoms with E-state index in [0.29, 0.717) is 22.0 Å². The summed E-state index contributed by atoms with van der Waals surface area (Å²) in [5.41, 5.74) is 7.95. The average Bonchev–Trinajstić information content (AvgIpc) is 2.32. The summed E-state index contributed by atoms with van der Waals surface area (Å²) in [4.78, 5) is 0.167. The van der Waals surface area contributed by atoms with Gasteiger partial charge in [-0.2, -0.15) is 0 Å². The van der Waals surface area contributed by atoms with E-state index in [1.807, 2.05) is 13.0 Å². The van der Waals surface area contributed by atoms with E-state index >= 15 is 0 Å². The number of nitrogens with two attached hydrogens (primary N) is 1. The van der Waals surface area contributed by atoms with Crippen molar-refractivity contribution in [2.45, 2.75) is 6.92 Å². The highest BCUT2D eigenvalue weighted by Gasteiger charge is 2.11. The van der Waals surface area contributed by atoms with Crippen LogP contribution in [0.15, 0.2) is 36.4 Å². The van der Waals surface area contributed by atoms with Crippen molar-refractivity contribution < 1.29 is 4.39 Å². The molecule has 19 heavy (non-hydrogen) atoms. The van der Waals surface area contributed by atoms with Crippen LogP contribution in [-0.4, -0.2) is 4.99 Å². The van der Waals surface area contributed by atoms with Gasteiger partial charge in [0.2, 0.25) is 0 Å². The van der Waals surface area contributed by atoms with Crippen molar-refractivity contribution in [3.8, 4) is 0 Å². The Bertz CT molecular complexity index is 643. The van der Waals surface area contributed by atoms with Gasteiger partial charge in [-0.15, -0.1) is 0 Å². The quantitative estimate of drug-likeness (QED) is 0.835.